The number of amides is 1. The minimum atomic E-state index is -0.248. The monoisotopic (exact) mass is 211 g/mol. The number of hydrogen-bond donors (Lipinski definition) is 4. The second kappa shape index (κ2) is 5.21. The van der Waals surface area contributed by atoms with E-state index in [4.69, 9.17) is 15.3 Å². The summed E-state index contributed by atoms with van der Waals surface area (Å²) in [5, 5.41) is 29.2. The molecule has 15 heavy (non-hydrogen) atoms. The summed E-state index contributed by atoms with van der Waals surface area (Å²) in [5.41, 5.74) is 0.598. The third-order valence-electron chi connectivity index (χ3n) is 1.84. The highest BCUT2D eigenvalue weighted by Gasteiger charge is 2.05. The van der Waals surface area contributed by atoms with Crippen LogP contribution < -0.4 is 5.32 Å². The fraction of sp³-hybridized carbons (Fsp3) is 0.300. The van der Waals surface area contributed by atoms with E-state index >= 15 is 0 Å². The smallest absolute Gasteiger partial charge is 0.224 e. The molecule has 1 rings (SSSR count). The first-order valence-electron chi connectivity index (χ1n) is 4.52. The SMILES string of the molecule is O=C(Cc1ccc(O)c(O)c1)NCCO. The van der Waals surface area contributed by atoms with E-state index in [9.17, 15) is 4.79 Å². The summed E-state index contributed by atoms with van der Waals surface area (Å²) in [7, 11) is 0. The number of nitrogens with one attached hydrogen (secondary N) is 1. The van der Waals surface area contributed by atoms with E-state index in [1.54, 1.807) is 6.07 Å². The van der Waals surface area contributed by atoms with E-state index < -0.39 is 0 Å². The Balaban J connectivity index is 2.57. The number of rotatable bonds is 4. The van der Waals surface area contributed by atoms with Gasteiger partial charge in [-0.3, -0.25) is 4.79 Å². The Labute approximate surface area is 87.0 Å². The third kappa shape index (κ3) is 3.47. The standard InChI is InChI=1S/C10H13NO4/c12-4-3-11-10(15)6-7-1-2-8(13)9(14)5-7/h1-2,5,12-14H,3-4,6H2,(H,11,15). The summed E-state index contributed by atoms with van der Waals surface area (Å²) in [6, 6.07) is 4.20. The van der Waals surface area contributed by atoms with E-state index in [2.05, 4.69) is 5.32 Å². The molecule has 1 amide bonds. The van der Waals surface area contributed by atoms with E-state index in [0.717, 1.165) is 0 Å². The Kier molecular flexibility index (Phi) is 3.93. The van der Waals surface area contributed by atoms with Gasteiger partial charge >= 0.3 is 0 Å². The quantitative estimate of drug-likeness (QED) is 0.517. The largest absolute Gasteiger partial charge is 0.504 e. The van der Waals surface area contributed by atoms with Gasteiger partial charge in [0.25, 0.3) is 0 Å². The molecule has 5 heteroatoms. The van der Waals surface area contributed by atoms with Crippen LogP contribution >= 0.6 is 0 Å². The molecule has 0 radical (unpaired) electrons. The lowest BCUT2D eigenvalue weighted by atomic mass is 10.1. The van der Waals surface area contributed by atoms with Crippen molar-refractivity contribution in [2.24, 2.45) is 0 Å². The first-order valence-corrected chi connectivity index (χ1v) is 4.52. The minimum Gasteiger partial charge on any atom is -0.504 e. The van der Waals surface area contributed by atoms with Gasteiger partial charge in [-0.2, -0.15) is 0 Å². The number of benzene rings is 1. The van der Waals surface area contributed by atoms with Gasteiger partial charge in [0, 0.05) is 6.54 Å². The maximum atomic E-state index is 11.2. The summed E-state index contributed by atoms with van der Waals surface area (Å²) in [5.74, 6) is -0.703. The highest BCUT2D eigenvalue weighted by molar-refractivity contribution is 5.78. The lowest BCUT2D eigenvalue weighted by Gasteiger charge is -2.04. The fourth-order valence-corrected chi connectivity index (χ4v) is 1.12. The van der Waals surface area contributed by atoms with Crippen LogP contribution in [0.15, 0.2) is 18.2 Å². The van der Waals surface area contributed by atoms with Crippen molar-refractivity contribution in [3.05, 3.63) is 23.8 Å². The third-order valence-corrected chi connectivity index (χ3v) is 1.84. The molecule has 1 aromatic carbocycles. The lowest BCUT2D eigenvalue weighted by Crippen LogP contribution is -2.27. The first-order chi connectivity index (χ1) is 7.13. The number of carbonyl (C=O) groups is 1. The van der Waals surface area contributed by atoms with Crippen LogP contribution in [0.1, 0.15) is 5.56 Å². The van der Waals surface area contributed by atoms with Crippen molar-refractivity contribution in [2.45, 2.75) is 6.42 Å². The predicted molar refractivity (Wildman–Crippen MR) is 53.6 cm³/mol. The van der Waals surface area contributed by atoms with Gasteiger partial charge in [0.15, 0.2) is 11.5 Å². The van der Waals surface area contributed by atoms with Gasteiger partial charge in [-0.25, -0.2) is 0 Å². The van der Waals surface area contributed by atoms with E-state index in [0.29, 0.717) is 5.56 Å². The van der Waals surface area contributed by atoms with Crippen molar-refractivity contribution in [3.8, 4) is 11.5 Å². The molecule has 0 fully saturated rings. The van der Waals surface area contributed by atoms with Gasteiger partial charge in [0.2, 0.25) is 5.91 Å². The van der Waals surface area contributed by atoms with Gasteiger partial charge in [-0.1, -0.05) is 6.07 Å². The van der Waals surface area contributed by atoms with Gasteiger partial charge in [-0.15, -0.1) is 0 Å². The molecule has 0 aliphatic carbocycles. The molecule has 0 saturated heterocycles. The first kappa shape index (κ1) is 11.3. The second-order valence-corrected chi connectivity index (χ2v) is 3.07. The number of phenols is 2. The number of carbonyl (C=O) groups excluding carboxylic acids is 1. The highest BCUT2D eigenvalue weighted by Crippen LogP contribution is 2.24. The molecule has 0 aliphatic heterocycles. The summed E-state index contributed by atoms with van der Waals surface area (Å²) >= 11 is 0. The molecule has 0 heterocycles. The molecule has 5 nitrogen and oxygen atoms in total. The molecule has 0 aromatic heterocycles. The fourth-order valence-electron chi connectivity index (χ4n) is 1.12. The topological polar surface area (TPSA) is 89.8 Å². The zero-order valence-electron chi connectivity index (χ0n) is 8.10. The summed E-state index contributed by atoms with van der Waals surface area (Å²) in [6.45, 7) is 0.107. The van der Waals surface area contributed by atoms with Crippen LogP contribution in [0.25, 0.3) is 0 Å². The molecule has 1 aromatic rings. The van der Waals surface area contributed by atoms with Gasteiger partial charge in [-0.05, 0) is 17.7 Å². The second-order valence-electron chi connectivity index (χ2n) is 3.07. The number of phenolic OH excluding ortho intramolecular Hbond substituents is 2. The maximum absolute atomic E-state index is 11.2. The zero-order chi connectivity index (χ0) is 11.3. The molecule has 0 saturated carbocycles. The Morgan fingerprint density at radius 1 is 1.27 bits per heavy atom. The Morgan fingerprint density at radius 3 is 2.60 bits per heavy atom. The van der Waals surface area contributed by atoms with Crippen molar-refractivity contribution < 1.29 is 20.1 Å². The zero-order valence-corrected chi connectivity index (χ0v) is 8.10. The van der Waals surface area contributed by atoms with Crippen LogP contribution in [0.2, 0.25) is 0 Å². The van der Waals surface area contributed by atoms with Crippen molar-refractivity contribution in [1.82, 2.24) is 5.32 Å². The molecule has 0 unspecified atom stereocenters. The Hall–Kier alpha value is -1.75. The van der Waals surface area contributed by atoms with Crippen LogP contribution in [0, 0.1) is 0 Å². The number of aromatic hydroxyl groups is 2. The van der Waals surface area contributed by atoms with E-state index in [1.165, 1.54) is 12.1 Å². The predicted octanol–water partition coefficient (Wildman–Crippen LogP) is -0.251. The van der Waals surface area contributed by atoms with Gasteiger partial charge in [0.05, 0.1) is 13.0 Å². The molecule has 0 aliphatic rings. The molecule has 4 N–H and O–H groups in total. The van der Waals surface area contributed by atoms with Crippen LogP contribution in [-0.2, 0) is 11.2 Å². The van der Waals surface area contributed by atoms with Crippen LogP contribution in [0.4, 0.5) is 0 Å². The average molecular weight is 211 g/mol. The molecular weight excluding hydrogens is 198 g/mol. The Morgan fingerprint density at radius 2 is 2.00 bits per heavy atom. The van der Waals surface area contributed by atoms with Crippen molar-refractivity contribution in [1.29, 1.82) is 0 Å². The maximum Gasteiger partial charge on any atom is 0.224 e. The van der Waals surface area contributed by atoms with Crippen molar-refractivity contribution in [2.75, 3.05) is 13.2 Å². The van der Waals surface area contributed by atoms with Crippen LogP contribution in [0.5, 0.6) is 11.5 Å². The number of aliphatic hydroxyl groups excluding tert-OH is 1. The van der Waals surface area contributed by atoms with E-state index in [-0.39, 0.29) is 37.0 Å². The number of aliphatic hydroxyl groups is 1. The van der Waals surface area contributed by atoms with Crippen molar-refractivity contribution in [3.63, 3.8) is 0 Å². The lowest BCUT2D eigenvalue weighted by molar-refractivity contribution is -0.120. The summed E-state index contributed by atoms with van der Waals surface area (Å²) in [4.78, 5) is 11.2. The van der Waals surface area contributed by atoms with Crippen molar-refractivity contribution >= 4 is 5.91 Å². The van der Waals surface area contributed by atoms with Gasteiger partial charge < -0.3 is 20.6 Å². The molecule has 0 bridgehead atoms. The van der Waals surface area contributed by atoms with Gasteiger partial charge in [0.1, 0.15) is 0 Å². The number of hydrogen-bond acceptors (Lipinski definition) is 4. The summed E-state index contributed by atoms with van der Waals surface area (Å²) < 4.78 is 0. The van der Waals surface area contributed by atoms with Crippen LogP contribution in [0.3, 0.4) is 0 Å². The molecule has 82 valence electrons. The molecule has 0 atom stereocenters. The Bertz CT molecular complexity index is 351. The highest BCUT2D eigenvalue weighted by atomic mass is 16.3. The average Bonchev–Trinajstić information content (AvgIpc) is 2.20. The van der Waals surface area contributed by atoms with Crippen LogP contribution in [-0.4, -0.2) is 34.4 Å². The summed E-state index contributed by atoms with van der Waals surface area (Å²) in [6.07, 6.45) is 0.105. The molecule has 0 spiro atoms. The molecular formula is C10H13NO4. The van der Waals surface area contributed by atoms with E-state index in [1.807, 2.05) is 0 Å². The minimum absolute atomic E-state index is 0.105. The normalized spacial score (nSPS) is 9.93.